The van der Waals surface area contributed by atoms with Crippen LogP contribution in [0.2, 0.25) is 0 Å². The first kappa shape index (κ1) is 14.5. The largest absolute Gasteiger partial charge is 0.373 e. The topological polar surface area (TPSA) is 50.5 Å². The molecule has 2 atom stereocenters. The van der Waals surface area contributed by atoms with Crippen LogP contribution in [0.5, 0.6) is 0 Å². The van der Waals surface area contributed by atoms with Crippen LogP contribution in [0, 0.1) is 0 Å². The number of nitrogens with zero attached hydrogens (tertiary/aromatic N) is 1. The second-order valence-corrected chi connectivity index (χ2v) is 5.50. The summed E-state index contributed by atoms with van der Waals surface area (Å²) < 4.78 is 5.93. The van der Waals surface area contributed by atoms with Crippen LogP contribution in [0.4, 0.5) is 0 Å². The summed E-state index contributed by atoms with van der Waals surface area (Å²) in [6.45, 7) is 1.84. The first-order valence-corrected chi connectivity index (χ1v) is 7.01. The molecule has 0 aromatic heterocycles. The molecule has 4 heteroatoms. The highest BCUT2D eigenvalue weighted by atomic mass is 16.5. The average Bonchev–Trinajstić information content (AvgIpc) is 2.43. The maximum absolute atomic E-state index is 5.93. The van der Waals surface area contributed by atoms with Gasteiger partial charge in [0.25, 0.3) is 0 Å². The molecule has 0 radical (unpaired) electrons. The molecule has 2 unspecified atom stereocenters. The number of hydrogen-bond donors (Lipinski definition) is 2. The van der Waals surface area contributed by atoms with E-state index in [2.05, 4.69) is 48.7 Å². The molecule has 1 heterocycles. The third kappa shape index (κ3) is 4.01. The Balaban J connectivity index is 1.98. The fraction of sp³-hybridized carbons (Fsp3) is 0.600. The van der Waals surface area contributed by atoms with Crippen molar-refractivity contribution in [2.75, 3.05) is 27.2 Å². The maximum Gasteiger partial charge on any atom is 0.0843 e. The second kappa shape index (κ2) is 7.01. The number of hydrazine groups is 1. The van der Waals surface area contributed by atoms with Crippen LogP contribution in [0.3, 0.4) is 0 Å². The van der Waals surface area contributed by atoms with Crippen molar-refractivity contribution in [2.24, 2.45) is 5.84 Å². The van der Waals surface area contributed by atoms with Crippen LogP contribution in [-0.4, -0.2) is 38.2 Å². The van der Waals surface area contributed by atoms with Crippen LogP contribution in [0.15, 0.2) is 24.3 Å². The van der Waals surface area contributed by atoms with Crippen LogP contribution in [0.25, 0.3) is 0 Å². The van der Waals surface area contributed by atoms with E-state index in [1.165, 1.54) is 11.1 Å². The first-order valence-electron chi connectivity index (χ1n) is 7.01. The molecule has 1 aromatic rings. The van der Waals surface area contributed by atoms with Gasteiger partial charge in [0.2, 0.25) is 0 Å². The van der Waals surface area contributed by atoms with Gasteiger partial charge >= 0.3 is 0 Å². The molecule has 0 fully saturated rings. The number of nitrogens with two attached hydrogens (primary N) is 1. The Labute approximate surface area is 115 Å². The number of nitrogens with one attached hydrogen (secondary N) is 1. The number of hydrogen-bond acceptors (Lipinski definition) is 4. The Morgan fingerprint density at radius 3 is 2.95 bits per heavy atom. The molecular weight excluding hydrogens is 238 g/mol. The lowest BCUT2D eigenvalue weighted by molar-refractivity contribution is 0.0283. The van der Waals surface area contributed by atoms with Gasteiger partial charge in [-0.15, -0.1) is 0 Å². The van der Waals surface area contributed by atoms with E-state index in [0.717, 1.165) is 32.4 Å². The molecular formula is C15H25N3O. The van der Waals surface area contributed by atoms with Crippen LogP contribution < -0.4 is 11.3 Å². The lowest BCUT2D eigenvalue weighted by atomic mass is 9.93. The maximum atomic E-state index is 5.93. The molecule has 0 spiro atoms. The summed E-state index contributed by atoms with van der Waals surface area (Å²) in [5.41, 5.74) is 5.68. The van der Waals surface area contributed by atoms with Crippen molar-refractivity contribution in [1.29, 1.82) is 0 Å². The molecule has 3 N–H and O–H groups in total. The van der Waals surface area contributed by atoms with Crippen LogP contribution in [0.1, 0.15) is 30.1 Å². The van der Waals surface area contributed by atoms with Gasteiger partial charge in [0.1, 0.15) is 0 Å². The lowest BCUT2D eigenvalue weighted by Crippen LogP contribution is -2.39. The molecule has 0 saturated heterocycles. The van der Waals surface area contributed by atoms with Crippen molar-refractivity contribution in [3.05, 3.63) is 35.4 Å². The highest BCUT2D eigenvalue weighted by Crippen LogP contribution is 2.30. The monoisotopic (exact) mass is 263 g/mol. The van der Waals surface area contributed by atoms with Gasteiger partial charge in [0.15, 0.2) is 0 Å². The zero-order valence-electron chi connectivity index (χ0n) is 11.9. The molecule has 2 rings (SSSR count). The van der Waals surface area contributed by atoms with Crippen molar-refractivity contribution in [3.63, 3.8) is 0 Å². The second-order valence-electron chi connectivity index (χ2n) is 5.50. The summed E-state index contributed by atoms with van der Waals surface area (Å²) in [5.74, 6) is 5.67. The standard InChI is InChI=1S/C15H25N3O/c1-18(2)9-7-13(17-16)11-15-14-6-4-3-5-12(14)8-10-19-15/h3-6,13,15,17H,7-11,16H2,1-2H3. The minimum Gasteiger partial charge on any atom is -0.373 e. The number of benzene rings is 1. The Hall–Kier alpha value is -0.940. The predicted molar refractivity (Wildman–Crippen MR) is 77.7 cm³/mol. The quantitative estimate of drug-likeness (QED) is 0.603. The molecule has 0 amide bonds. The van der Waals surface area contributed by atoms with Crippen molar-refractivity contribution in [3.8, 4) is 0 Å². The molecule has 0 aliphatic carbocycles. The Kier molecular flexibility index (Phi) is 5.34. The minimum atomic E-state index is 0.174. The van der Waals surface area contributed by atoms with Gasteiger partial charge in [-0.1, -0.05) is 24.3 Å². The van der Waals surface area contributed by atoms with Crippen molar-refractivity contribution in [1.82, 2.24) is 10.3 Å². The van der Waals surface area contributed by atoms with Crippen LogP contribution in [-0.2, 0) is 11.2 Å². The molecule has 106 valence electrons. The van der Waals surface area contributed by atoms with E-state index in [0.29, 0.717) is 6.04 Å². The SMILES string of the molecule is CN(C)CCC(CC1OCCc2ccccc21)NN. The van der Waals surface area contributed by atoms with Gasteiger partial charge in [0, 0.05) is 6.04 Å². The van der Waals surface area contributed by atoms with Crippen LogP contribution >= 0.6 is 0 Å². The van der Waals surface area contributed by atoms with E-state index in [4.69, 9.17) is 10.6 Å². The molecule has 1 aliphatic heterocycles. The molecule has 4 nitrogen and oxygen atoms in total. The Morgan fingerprint density at radius 2 is 2.21 bits per heavy atom. The summed E-state index contributed by atoms with van der Waals surface area (Å²) in [6, 6.07) is 8.87. The van der Waals surface area contributed by atoms with Gasteiger partial charge in [-0.2, -0.15) is 0 Å². The normalized spacial score (nSPS) is 20.3. The number of fused-ring (bicyclic) bond motifs is 1. The van der Waals surface area contributed by atoms with Gasteiger partial charge in [-0.05, 0) is 51.0 Å². The van der Waals surface area contributed by atoms with E-state index in [9.17, 15) is 0 Å². The molecule has 19 heavy (non-hydrogen) atoms. The highest BCUT2D eigenvalue weighted by Gasteiger charge is 2.23. The van der Waals surface area contributed by atoms with E-state index in [1.807, 2.05) is 0 Å². The van der Waals surface area contributed by atoms with E-state index in [1.54, 1.807) is 0 Å². The molecule has 0 bridgehead atoms. The number of rotatable bonds is 6. The zero-order valence-corrected chi connectivity index (χ0v) is 11.9. The smallest absolute Gasteiger partial charge is 0.0843 e. The summed E-state index contributed by atoms with van der Waals surface area (Å²) in [5, 5.41) is 0. The zero-order chi connectivity index (χ0) is 13.7. The highest BCUT2D eigenvalue weighted by molar-refractivity contribution is 5.31. The summed E-state index contributed by atoms with van der Waals surface area (Å²) in [7, 11) is 4.17. The average molecular weight is 263 g/mol. The summed E-state index contributed by atoms with van der Waals surface area (Å²) in [6.07, 6.45) is 3.16. The summed E-state index contributed by atoms with van der Waals surface area (Å²) >= 11 is 0. The summed E-state index contributed by atoms with van der Waals surface area (Å²) in [4.78, 5) is 2.18. The molecule has 1 aromatic carbocycles. The third-order valence-corrected chi connectivity index (χ3v) is 3.75. The minimum absolute atomic E-state index is 0.174. The van der Waals surface area contributed by atoms with Crippen molar-refractivity contribution in [2.45, 2.75) is 31.4 Å². The van der Waals surface area contributed by atoms with E-state index >= 15 is 0 Å². The van der Waals surface area contributed by atoms with Gasteiger partial charge in [-0.25, -0.2) is 0 Å². The van der Waals surface area contributed by atoms with Gasteiger partial charge in [0.05, 0.1) is 12.7 Å². The van der Waals surface area contributed by atoms with Crippen molar-refractivity contribution < 1.29 is 4.74 Å². The Bertz CT molecular complexity index is 395. The Morgan fingerprint density at radius 1 is 1.42 bits per heavy atom. The fourth-order valence-corrected chi connectivity index (χ4v) is 2.61. The van der Waals surface area contributed by atoms with E-state index in [-0.39, 0.29) is 6.10 Å². The fourth-order valence-electron chi connectivity index (χ4n) is 2.61. The first-order chi connectivity index (χ1) is 9.20. The number of ether oxygens (including phenoxy) is 1. The molecule has 1 aliphatic rings. The predicted octanol–water partition coefficient (Wildman–Crippen LogP) is 1.47. The third-order valence-electron chi connectivity index (χ3n) is 3.75. The van der Waals surface area contributed by atoms with Gasteiger partial charge < -0.3 is 9.64 Å². The molecule has 0 saturated carbocycles. The van der Waals surface area contributed by atoms with E-state index < -0.39 is 0 Å². The van der Waals surface area contributed by atoms with Crippen molar-refractivity contribution >= 4 is 0 Å². The van der Waals surface area contributed by atoms with Gasteiger partial charge in [-0.3, -0.25) is 11.3 Å². The lowest BCUT2D eigenvalue weighted by Gasteiger charge is -2.29.